The Kier molecular flexibility index (Phi) is 4.53. The summed E-state index contributed by atoms with van der Waals surface area (Å²) in [4.78, 5) is 14.7. The number of carbonyl (C=O) groups is 1. The minimum atomic E-state index is -0.160. The average molecular weight is 312 g/mol. The lowest BCUT2D eigenvalue weighted by molar-refractivity contribution is -0.145. The summed E-state index contributed by atoms with van der Waals surface area (Å²) in [6, 6.07) is 14.9. The monoisotopic (exact) mass is 312 g/mol. The van der Waals surface area contributed by atoms with Crippen LogP contribution in [0.5, 0.6) is 0 Å². The molecule has 0 aliphatic carbocycles. The van der Waals surface area contributed by atoms with Gasteiger partial charge in [-0.1, -0.05) is 49.0 Å². The molecule has 0 N–H and O–H groups in total. The molecule has 1 atom stereocenters. The van der Waals surface area contributed by atoms with Crippen LogP contribution >= 0.6 is 11.8 Å². The molecule has 1 heterocycles. The van der Waals surface area contributed by atoms with Crippen LogP contribution in [0.25, 0.3) is 0 Å². The first-order valence-corrected chi connectivity index (χ1v) is 8.59. The van der Waals surface area contributed by atoms with E-state index in [4.69, 9.17) is 4.74 Å². The molecule has 1 aliphatic rings. The summed E-state index contributed by atoms with van der Waals surface area (Å²) in [5, 5.41) is 0. The molecule has 0 bridgehead atoms. The van der Waals surface area contributed by atoms with Crippen LogP contribution in [0.1, 0.15) is 42.9 Å². The van der Waals surface area contributed by atoms with E-state index in [9.17, 15) is 4.79 Å². The van der Waals surface area contributed by atoms with Crippen molar-refractivity contribution in [2.24, 2.45) is 0 Å². The molecule has 2 aromatic carbocycles. The highest BCUT2D eigenvalue weighted by atomic mass is 32.2. The summed E-state index contributed by atoms with van der Waals surface area (Å²) in [5.41, 5.74) is 3.74. The zero-order valence-corrected chi connectivity index (χ0v) is 13.8. The molecule has 0 aromatic heterocycles. The van der Waals surface area contributed by atoms with Gasteiger partial charge in [-0.05, 0) is 48.6 Å². The molecule has 3 rings (SSSR count). The smallest absolute Gasteiger partial charge is 0.313 e. The van der Waals surface area contributed by atoms with E-state index < -0.39 is 0 Å². The minimum Gasteiger partial charge on any atom is -0.466 e. The summed E-state index contributed by atoms with van der Waals surface area (Å²) < 4.78 is 5.21. The third-order valence-electron chi connectivity index (χ3n) is 4.04. The van der Waals surface area contributed by atoms with Crippen molar-refractivity contribution in [3.8, 4) is 0 Å². The maximum atomic E-state index is 12.1. The molecule has 0 saturated heterocycles. The van der Waals surface area contributed by atoms with E-state index in [0.29, 0.717) is 6.61 Å². The van der Waals surface area contributed by atoms with Gasteiger partial charge < -0.3 is 4.74 Å². The van der Waals surface area contributed by atoms with E-state index in [-0.39, 0.29) is 11.9 Å². The fraction of sp³-hybridized carbons (Fsp3) is 0.316. The Labute approximate surface area is 135 Å². The van der Waals surface area contributed by atoms with Gasteiger partial charge >= 0.3 is 5.97 Å². The first-order valence-electron chi connectivity index (χ1n) is 7.78. The van der Waals surface area contributed by atoms with Crippen molar-refractivity contribution in [3.63, 3.8) is 0 Å². The molecule has 0 fully saturated rings. The molecule has 1 unspecified atom stereocenters. The molecule has 1 aliphatic heterocycles. The van der Waals surface area contributed by atoms with Crippen LogP contribution in [-0.2, 0) is 16.0 Å². The number of fused-ring (bicyclic) bond motifs is 2. The predicted octanol–water partition coefficient (Wildman–Crippen LogP) is 4.80. The summed E-state index contributed by atoms with van der Waals surface area (Å²) in [5.74, 6) is -0.277. The molecule has 0 saturated carbocycles. The van der Waals surface area contributed by atoms with Crippen LogP contribution in [0.2, 0.25) is 0 Å². The number of hydrogen-bond donors (Lipinski definition) is 0. The summed E-state index contributed by atoms with van der Waals surface area (Å²) >= 11 is 1.81. The Morgan fingerprint density at radius 3 is 2.68 bits per heavy atom. The van der Waals surface area contributed by atoms with Crippen LogP contribution < -0.4 is 0 Å². The van der Waals surface area contributed by atoms with E-state index >= 15 is 0 Å². The second kappa shape index (κ2) is 6.57. The SMILES string of the molecule is CCOC(=O)C(CC)c1ccc2c(c1)Cc1ccccc1S2. The third kappa shape index (κ3) is 2.91. The summed E-state index contributed by atoms with van der Waals surface area (Å²) in [6.07, 6.45) is 1.70. The highest BCUT2D eigenvalue weighted by Crippen LogP contribution is 2.40. The second-order valence-corrected chi connectivity index (χ2v) is 6.55. The van der Waals surface area contributed by atoms with Crippen molar-refractivity contribution in [1.29, 1.82) is 0 Å². The number of rotatable bonds is 4. The Hall–Kier alpha value is -1.74. The largest absolute Gasteiger partial charge is 0.466 e. The molecule has 2 aromatic rings. The lowest BCUT2D eigenvalue weighted by Gasteiger charge is -2.21. The number of ether oxygens (including phenoxy) is 1. The number of esters is 1. The average Bonchev–Trinajstić information content (AvgIpc) is 2.54. The standard InChI is InChI=1S/C19H20O2S/c1-3-16(19(20)21-4-2)13-9-10-18-15(11-13)12-14-7-5-6-8-17(14)22-18/h5-11,16H,3-4,12H2,1-2H3. The highest BCUT2D eigenvalue weighted by Gasteiger charge is 2.22. The first kappa shape index (κ1) is 15.2. The third-order valence-corrected chi connectivity index (χ3v) is 5.28. The molecule has 3 heteroatoms. The molecule has 0 amide bonds. The molecule has 22 heavy (non-hydrogen) atoms. The topological polar surface area (TPSA) is 26.3 Å². The first-order chi connectivity index (χ1) is 10.7. The summed E-state index contributed by atoms with van der Waals surface area (Å²) in [7, 11) is 0. The van der Waals surface area contributed by atoms with E-state index in [1.807, 2.05) is 25.6 Å². The van der Waals surface area contributed by atoms with Crippen molar-refractivity contribution in [3.05, 3.63) is 59.2 Å². The van der Waals surface area contributed by atoms with Gasteiger partial charge in [0.25, 0.3) is 0 Å². The summed E-state index contributed by atoms with van der Waals surface area (Å²) in [6.45, 7) is 4.32. The van der Waals surface area contributed by atoms with Gasteiger partial charge in [0, 0.05) is 9.79 Å². The van der Waals surface area contributed by atoms with Crippen LogP contribution in [-0.4, -0.2) is 12.6 Å². The zero-order valence-electron chi connectivity index (χ0n) is 13.0. The predicted molar refractivity (Wildman–Crippen MR) is 89.5 cm³/mol. The van der Waals surface area contributed by atoms with E-state index in [1.165, 1.54) is 20.9 Å². The van der Waals surface area contributed by atoms with Gasteiger partial charge in [0.1, 0.15) is 0 Å². The highest BCUT2D eigenvalue weighted by molar-refractivity contribution is 7.99. The van der Waals surface area contributed by atoms with Gasteiger partial charge in [0.05, 0.1) is 12.5 Å². The van der Waals surface area contributed by atoms with Crippen LogP contribution in [0.4, 0.5) is 0 Å². The Balaban J connectivity index is 1.90. The van der Waals surface area contributed by atoms with Crippen molar-refractivity contribution >= 4 is 17.7 Å². The number of benzene rings is 2. The van der Waals surface area contributed by atoms with Gasteiger partial charge in [-0.2, -0.15) is 0 Å². The molecular formula is C19H20O2S. The van der Waals surface area contributed by atoms with Crippen LogP contribution in [0.3, 0.4) is 0 Å². The van der Waals surface area contributed by atoms with Crippen molar-refractivity contribution in [2.75, 3.05) is 6.61 Å². The van der Waals surface area contributed by atoms with Crippen molar-refractivity contribution in [1.82, 2.24) is 0 Å². The molecule has 2 nitrogen and oxygen atoms in total. The molecule has 0 spiro atoms. The maximum absolute atomic E-state index is 12.1. The quantitative estimate of drug-likeness (QED) is 0.647. The van der Waals surface area contributed by atoms with Gasteiger partial charge in [-0.3, -0.25) is 4.79 Å². The fourth-order valence-corrected chi connectivity index (χ4v) is 3.96. The molecular weight excluding hydrogens is 292 g/mol. The normalized spacial score (nSPS) is 13.9. The molecule has 0 radical (unpaired) electrons. The van der Waals surface area contributed by atoms with Gasteiger partial charge in [0.2, 0.25) is 0 Å². The zero-order chi connectivity index (χ0) is 15.5. The maximum Gasteiger partial charge on any atom is 0.313 e. The lowest BCUT2D eigenvalue weighted by Crippen LogP contribution is -2.16. The minimum absolute atomic E-state index is 0.117. The van der Waals surface area contributed by atoms with Gasteiger partial charge in [-0.15, -0.1) is 0 Å². The Morgan fingerprint density at radius 2 is 1.91 bits per heavy atom. The van der Waals surface area contributed by atoms with E-state index in [1.54, 1.807) is 0 Å². The molecule has 114 valence electrons. The number of hydrogen-bond acceptors (Lipinski definition) is 3. The lowest BCUT2D eigenvalue weighted by atomic mass is 9.93. The number of carbonyl (C=O) groups excluding carboxylic acids is 1. The van der Waals surface area contributed by atoms with Crippen LogP contribution in [0, 0.1) is 0 Å². The van der Waals surface area contributed by atoms with E-state index in [0.717, 1.165) is 18.4 Å². The van der Waals surface area contributed by atoms with Gasteiger partial charge in [-0.25, -0.2) is 0 Å². The van der Waals surface area contributed by atoms with E-state index in [2.05, 4.69) is 42.5 Å². The Bertz CT molecular complexity index is 694. The fourth-order valence-electron chi connectivity index (χ4n) is 2.91. The second-order valence-electron chi connectivity index (χ2n) is 5.47. The Morgan fingerprint density at radius 1 is 1.14 bits per heavy atom. The van der Waals surface area contributed by atoms with Crippen molar-refractivity contribution < 1.29 is 9.53 Å². The van der Waals surface area contributed by atoms with Crippen molar-refractivity contribution in [2.45, 2.75) is 42.4 Å². The van der Waals surface area contributed by atoms with Gasteiger partial charge in [0.15, 0.2) is 0 Å². The van der Waals surface area contributed by atoms with Crippen LogP contribution in [0.15, 0.2) is 52.3 Å².